The molecule has 0 spiro atoms. The average molecular weight is 257 g/mol. The Kier molecular flexibility index (Phi) is 2.85. The van der Waals surface area contributed by atoms with Gasteiger partial charge in [0.05, 0.1) is 6.42 Å². The van der Waals surface area contributed by atoms with E-state index in [2.05, 4.69) is 35.9 Å². The number of hydrogen-bond donors (Lipinski definition) is 1. The summed E-state index contributed by atoms with van der Waals surface area (Å²) in [6.07, 6.45) is 4.72. The Morgan fingerprint density at radius 3 is 2.84 bits per heavy atom. The van der Waals surface area contributed by atoms with Crippen molar-refractivity contribution in [2.75, 3.05) is 0 Å². The van der Waals surface area contributed by atoms with Crippen molar-refractivity contribution in [1.82, 2.24) is 4.57 Å². The molecule has 0 radical (unpaired) electrons. The molecule has 3 rings (SSSR count). The molecule has 1 aliphatic carbocycles. The first-order valence-corrected chi connectivity index (χ1v) is 6.83. The van der Waals surface area contributed by atoms with Crippen molar-refractivity contribution in [2.45, 2.75) is 32.1 Å². The van der Waals surface area contributed by atoms with Crippen LogP contribution in [-0.2, 0) is 11.8 Å². The molecule has 1 heterocycles. The predicted octanol–water partition coefficient (Wildman–Crippen LogP) is 3.46. The first kappa shape index (κ1) is 12.3. The van der Waals surface area contributed by atoms with E-state index in [0.717, 1.165) is 0 Å². The average Bonchev–Trinajstić information content (AvgIpc) is 3.15. The summed E-state index contributed by atoms with van der Waals surface area (Å²) in [5, 5.41) is 10.3. The Hall–Kier alpha value is -1.77. The highest BCUT2D eigenvalue weighted by Crippen LogP contribution is 2.45. The van der Waals surface area contributed by atoms with E-state index in [-0.39, 0.29) is 12.3 Å². The van der Waals surface area contributed by atoms with Crippen LogP contribution < -0.4 is 0 Å². The highest BCUT2D eigenvalue weighted by Gasteiger charge is 2.33. The van der Waals surface area contributed by atoms with Crippen LogP contribution in [-0.4, -0.2) is 15.6 Å². The van der Waals surface area contributed by atoms with Gasteiger partial charge in [-0.1, -0.05) is 6.07 Å². The standard InChI is InChI=1S/C16H19NO2/c1-10-9-17(2)15-6-5-12(7-13(10)15)14(8-16(18)19)11-3-4-11/h5-7,9,11,14H,3-4,8H2,1-2H3,(H,18,19). The molecule has 100 valence electrons. The number of hydrogen-bond acceptors (Lipinski definition) is 1. The molecular weight excluding hydrogens is 238 g/mol. The van der Waals surface area contributed by atoms with Crippen molar-refractivity contribution in [3.05, 3.63) is 35.5 Å². The lowest BCUT2D eigenvalue weighted by molar-refractivity contribution is -0.137. The van der Waals surface area contributed by atoms with Gasteiger partial charge in [-0.05, 0) is 54.9 Å². The highest BCUT2D eigenvalue weighted by atomic mass is 16.4. The van der Waals surface area contributed by atoms with Gasteiger partial charge < -0.3 is 9.67 Å². The largest absolute Gasteiger partial charge is 0.481 e. The van der Waals surface area contributed by atoms with Gasteiger partial charge in [-0.25, -0.2) is 0 Å². The second-order valence-corrected chi connectivity index (χ2v) is 5.74. The number of carboxylic acids is 1. The van der Waals surface area contributed by atoms with Crippen LogP contribution in [0.25, 0.3) is 10.9 Å². The Labute approximate surface area is 112 Å². The quantitative estimate of drug-likeness (QED) is 0.911. The van der Waals surface area contributed by atoms with Crippen molar-refractivity contribution < 1.29 is 9.90 Å². The number of carboxylic acid groups (broad SMARTS) is 1. The molecule has 1 aromatic carbocycles. The van der Waals surface area contributed by atoms with Gasteiger partial charge in [0.2, 0.25) is 0 Å². The molecule has 0 bridgehead atoms. The smallest absolute Gasteiger partial charge is 0.303 e. The van der Waals surface area contributed by atoms with Gasteiger partial charge >= 0.3 is 5.97 Å². The van der Waals surface area contributed by atoms with Crippen molar-refractivity contribution in [3.63, 3.8) is 0 Å². The third-order valence-corrected chi connectivity index (χ3v) is 4.23. The second kappa shape index (κ2) is 4.41. The van der Waals surface area contributed by atoms with Crippen molar-refractivity contribution in [2.24, 2.45) is 13.0 Å². The zero-order valence-corrected chi connectivity index (χ0v) is 11.4. The number of nitrogens with zero attached hydrogens (tertiary/aromatic N) is 1. The Bertz CT molecular complexity index is 637. The SMILES string of the molecule is Cc1cn(C)c2ccc(C(CC(=O)O)C3CC3)cc12. The fourth-order valence-corrected chi connectivity index (χ4v) is 3.08. The van der Waals surface area contributed by atoms with Gasteiger partial charge in [0.25, 0.3) is 0 Å². The summed E-state index contributed by atoms with van der Waals surface area (Å²) >= 11 is 0. The van der Waals surface area contributed by atoms with E-state index in [1.54, 1.807) is 0 Å². The molecule has 3 nitrogen and oxygen atoms in total. The summed E-state index contributed by atoms with van der Waals surface area (Å²) in [6, 6.07) is 6.42. The molecule has 1 saturated carbocycles. The molecule has 3 heteroatoms. The van der Waals surface area contributed by atoms with E-state index in [1.807, 2.05) is 7.05 Å². The van der Waals surface area contributed by atoms with E-state index < -0.39 is 5.97 Å². The number of fused-ring (bicyclic) bond motifs is 1. The molecule has 0 saturated heterocycles. The van der Waals surface area contributed by atoms with Gasteiger partial charge in [-0.3, -0.25) is 4.79 Å². The van der Waals surface area contributed by atoms with Crippen LogP contribution >= 0.6 is 0 Å². The third kappa shape index (κ3) is 2.25. The molecule has 1 fully saturated rings. The molecule has 2 aromatic rings. The molecule has 1 aliphatic rings. The third-order valence-electron chi connectivity index (χ3n) is 4.23. The molecular formula is C16H19NO2. The summed E-state index contributed by atoms with van der Waals surface area (Å²) < 4.78 is 2.12. The van der Waals surface area contributed by atoms with E-state index in [9.17, 15) is 4.79 Å². The number of aromatic nitrogens is 1. The lowest BCUT2D eigenvalue weighted by Gasteiger charge is -2.15. The number of aryl methyl sites for hydroxylation is 2. The zero-order chi connectivity index (χ0) is 13.6. The molecule has 1 unspecified atom stereocenters. The maximum absolute atomic E-state index is 11.0. The maximum Gasteiger partial charge on any atom is 0.303 e. The van der Waals surface area contributed by atoms with E-state index in [4.69, 9.17) is 5.11 Å². The molecule has 0 aliphatic heterocycles. The fourth-order valence-electron chi connectivity index (χ4n) is 3.08. The van der Waals surface area contributed by atoms with Gasteiger partial charge in [0, 0.05) is 24.1 Å². The van der Waals surface area contributed by atoms with Gasteiger partial charge in [-0.2, -0.15) is 0 Å². The van der Waals surface area contributed by atoms with Gasteiger partial charge in [0.15, 0.2) is 0 Å². The maximum atomic E-state index is 11.0. The summed E-state index contributed by atoms with van der Waals surface area (Å²) in [5.41, 5.74) is 3.65. The van der Waals surface area contributed by atoms with E-state index in [0.29, 0.717) is 5.92 Å². The minimum Gasteiger partial charge on any atom is -0.481 e. The highest BCUT2D eigenvalue weighted by molar-refractivity contribution is 5.84. The monoisotopic (exact) mass is 257 g/mol. The number of aliphatic carboxylic acids is 1. The van der Waals surface area contributed by atoms with Crippen LogP contribution in [0.15, 0.2) is 24.4 Å². The summed E-state index contributed by atoms with van der Waals surface area (Å²) in [6.45, 7) is 2.11. The topological polar surface area (TPSA) is 42.2 Å². The first-order valence-electron chi connectivity index (χ1n) is 6.83. The Morgan fingerprint density at radius 1 is 1.47 bits per heavy atom. The minimum absolute atomic E-state index is 0.182. The van der Waals surface area contributed by atoms with Crippen LogP contribution in [0.4, 0.5) is 0 Å². The van der Waals surface area contributed by atoms with Crippen LogP contribution in [0.2, 0.25) is 0 Å². The first-order chi connectivity index (χ1) is 9.06. The van der Waals surface area contributed by atoms with E-state index in [1.165, 1.54) is 34.9 Å². The molecule has 19 heavy (non-hydrogen) atoms. The molecule has 1 aromatic heterocycles. The lowest BCUT2D eigenvalue weighted by atomic mass is 9.90. The van der Waals surface area contributed by atoms with Crippen LogP contribution in [0.1, 0.15) is 36.3 Å². The van der Waals surface area contributed by atoms with E-state index >= 15 is 0 Å². The summed E-state index contributed by atoms with van der Waals surface area (Å²) in [7, 11) is 2.05. The normalized spacial score (nSPS) is 16.7. The minimum atomic E-state index is -0.693. The lowest BCUT2D eigenvalue weighted by Crippen LogP contribution is -2.08. The summed E-state index contributed by atoms with van der Waals surface area (Å²) in [5.74, 6) is 0.0563. The second-order valence-electron chi connectivity index (χ2n) is 5.74. The van der Waals surface area contributed by atoms with Crippen LogP contribution in [0.3, 0.4) is 0 Å². The van der Waals surface area contributed by atoms with Crippen molar-refractivity contribution >= 4 is 16.9 Å². The van der Waals surface area contributed by atoms with Gasteiger partial charge in [-0.15, -0.1) is 0 Å². The van der Waals surface area contributed by atoms with Crippen molar-refractivity contribution in [3.8, 4) is 0 Å². The van der Waals surface area contributed by atoms with Crippen LogP contribution in [0.5, 0.6) is 0 Å². The number of rotatable bonds is 4. The van der Waals surface area contributed by atoms with Crippen LogP contribution in [0, 0.1) is 12.8 Å². The van der Waals surface area contributed by atoms with Crippen molar-refractivity contribution in [1.29, 1.82) is 0 Å². The zero-order valence-electron chi connectivity index (χ0n) is 11.4. The predicted molar refractivity (Wildman–Crippen MR) is 75.4 cm³/mol. The van der Waals surface area contributed by atoms with Gasteiger partial charge in [0.1, 0.15) is 0 Å². The number of benzene rings is 1. The number of carbonyl (C=O) groups is 1. The summed E-state index contributed by atoms with van der Waals surface area (Å²) in [4.78, 5) is 11.0. The fraction of sp³-hybridized carbons (Fsp3) is 0.438. The molecule has 1 N–H and O–H groups in total. The molecule has 1 atom stereocenters. The molecule has 0 amide bonds. The Morgan fingerprint density at radius 2 is 2.21 bits per heavy atom. The Balaban J connectivity index is 2.03.